The average Bonchev–Trinajstić information content (AvgIpc) is 2.57. The number of carbonyl (C=O) groups is 1. The highest BCUT2D eigenvalue weighted by molar-refractivity contribution is 6.30. The van der Waals surface area contributed by atoms with Crippen molar-refractivity contribution in [3.05, 3.63) is 64.9 Å². The molecular formula is C17H20ClN3O2. The van der Waals surface area contributed by atoms with Crippen molar-refractivity contribution in [3.63, 3.8) is 0 Å². The van der Waals surface area contributed by atoms with Crippen LogP contribution in [0.3, 0.4) is 0 Å². The van der Waals surface area contributed by atoms with Gasteiger partial charge in [-0.25, -0.2) is 4.79 Å². The van der Waals surface area contributed by atoms with Crippen LogP contribution in [0.15, 0.2) is 48.8 Å². The highest BCUT2D eigenvalue weighted by Gasteiger charge is 2.13. The zero-order valence-electron chi connectivity index (χ0n) is 13.1. The molecule has 122 valence electrons. The molecule has 2 atom stereocenters. The van der Waals surface area contributed by atoms with Gasteiger partial charge in [0, 0.05) is 31.1 Å². The molecule has 0 unspecified atom stereocenters. The third-order valence-corrected chi connectivity index (χ3v) is 3.78. The molecule has 0 aliphatic heterocycles. The van der Waals surface area contributed by atoms with Crippen LogP contribution < -0.4 is 10.6 Å². The molecule has 5 nitrogen and oxygen atoms in total. The monoisotopic (exact) mass is 333 g/mol. The molecule has 1 aromatic heterocycles. The van der Waals surface area contributed by atoms with Crippen molar-refractivity contribution in [3.8, 4) is 0 Å². The summed E-state index contributed by atoms with van der Waals surface area (Å²) < 4.78 is 5.42. The number of hydrogen-bond acceptors (Lipinski definition) is 3. The Morgan fingerprint density at radius 2 is 1.83 bits per heavy atom. The molecule has 2 aromatic rings. The maximum absolute atomic E-state index is 12.0. The SMILES string of the molecule is CO[C@H](CNC(=O)N[C@@H](C)c1ccncc1)c1ccc(Cl)cc1. The second-order valence-electron chi connectivity index (χ2n) is 5.13. The van der Waals surface area contributed by atoms with Crippen molar-refractivity contribution in [2.75, 3.05) is 13.7 Å². The lowest BCUT2D eigenvalue weighted by molar-refractivity contribution is 0.104. The first-order chi connectivity index (χ1) is 11.1. The Balaban J connectivity index is 1.86. The zero-order chi connectivity index (χ0) is 16.7. The van der Waals surface area contributed by atoms with E-state index in [-0.39, 0.29) is 18.2 Å². The number of urea groups is 1. The maximum atomic E-state index is 12.0. The first-order valence-corrected chi connectivity index (χ1v) is 7.70. The van der Waals surface area contributed by atoms with E-state index in [0.717, 1.165) is 11.1 Å². The topological polar surface area (TPSA) is 63.2 Å². The van der Waals surface area contributed by atoms with Gasteiger partial charge < -0.3 is 15.4 Å². The smallest absolute Gasteiger partial charge is 0.315 e. The number of benzene rings is 1. The fourth-order valence-corrected chi connectivity index (χ4v) is 2.31. The number of amides is 2. The number of carbonyl (C=O) groups excluding carboxylic acids is 1. The Labute approximate surface area is 141 Å². The Morgan fingerprint density at radius 1 is 1.17 bits per heavy atom. The molecule has 0 spiro atoms. The lowest BCUT2D eigenvalue weighted by atomic mass is 10.1. The first kappa shape index (κ1) is 17.2. The number of aromatic nitrogens is 1. The molecule has 1 heterocycles. The van der Waals surface area contributed by atoms with E-state index in [4.69, 9.17) is 16.3 Å². The van der Waals surface area contributed by atoms with E-state index in [9.17, 15) is 4.79 Å². The quantitative estimate of drug-likeness (QED) is 0.850. The predicted molar refractivity (Wildman–Crippen MR) is 90.4 cm³/mol. The highest BCUT2D eigenvalue weighted by atomic mass is 35.5. The van der Waals surface area contributed by atoms with Gasteiger partial charge in [0.05, 0.1) is 12.1 Å². The van der Waals surface area contributed by atoms with Crippen LogP contribution in [0.4, 0.5) is 4.79 Å². The first-order valence-electron chi connectivity index (χ1n) is 7.32. The van der Waals surface area contributed by atoms with Crippen LogP contribution in [0.1, 0.15) is 30.2 Å². The molecule has 0 aliphatic carbocycles. The average molecular weight is 334 g/mol. The molecule has 6 heteroatoms. The molecule has 1 aromatic carbocycles. The van der Waals surface area contributed by atoms with Crippen molar-refractivity contribution in [1.82, 2.24) is 15.6 Å². The van der Waals surface area contributed by atoms with E-state index in [1.165, 1.54) is 0 Å². The van der Waals surface area contributed by atoms with Gasteiger partial charge in [0.1, 0.15) is 0 Å². The number of nitrogens with zero attached hydrogens (tertiary/aromatic N) is 1. The molecule has 2 rings (SSSR count). The summed E-state index contributed by atoms with van der Waals surface area (Å²) in [7, 11) is 1.61. The Bertz CT molecular complexity index is 619. The predicted octanol–water partition coefficient (Wildman–Crippen LogP) is 3.48. The van der Waals surface area contributed by atoms with E-state index in [1.807, 2.05) is 31.2 Å². The zero-order valence-corrected chi connectivity index (χ0v) is 13.9. The summed E-state index contributed by atoms with van der Waals surface area (Å²) in [6.07, 6.45) is 3.18. The number of rotatable bonds is 6. The highest BCUT2D eigenvalue weighted by Crippen LogP contribution is 2.18. The van der Waals surface area contributed by atoms with Crippen LogP contribution in [0.25, 0.3) is 0 Å². The summed E-state index contributed by atoms with van der Waals surface area (Å²) >= 11 is 5.88. The number of pyridine rings is 1. The van der Waals surface area contributed by atoms with Gasteiger partial charge >= 0.3 is 6.03 Å². The van der Waals surface area contributed by atoms with Crippen LogP contribution in [-0.2, 0) is 4.74 Å². The van der Waals surface area contributed by atoms with Gasteiger partial charge in [0.2, 0.25) is 0 Å². The number of ether oxygens (including phenoxy) is 1. The molecule has 0 saturated heterocycles. The van der Waals surface area contributed by atoms with Crippen LogP contribution in [0, 0.1) is 0 Å². The number of hydrogen-bond donors (Lipinski definition) is 2. The van der Waals surface area contributed by atoms with Crippen molar-refractivity contribution < 1.29 is 9.53 Å². The molecule has 0 saturated carbocycles. The molecule has 0 aliphatic rings. The number of methoxy groups -OCH3 is 1. The van der Waals surface area contributed by atoms with Gasteiger partial charge in [0.15, 0.2) is 0 Å². The number of halogens is 1. The third-order valence-electron chi connectivity index (χ3n) is 3.53. The molecule has 23 heavy (non-hydrogen) atoms. The van der Waals surface area contributed by atoms with Gasteiger partial charge in [0.25, 0.3) is 0 Å². The summed E-state index contributed by atoms with van der Waals surface area (Å²) in [6, 6.07) is 10.8. The normalized spacial score (nSPS) is 13.2. The van der Waals surface area contributed by atoms with Crippen molar-refractivity contribution in [2.45, 2.75) is 19.1 Å². The third kappa shape index (κ3) is 5.23. The van der Waals surface area contributed by atoms with Gasteiger partial charge in [-0.3, -0.25) is 4.98 Å². The largest absolute Gasteiger partial charge is 0.375 e. The summed E-state index contributed by atoms with van der Waals surface area (Å²) in [6.45, 7) is 2.29. The minimum atomic E-state index is -0.245. The Kier molecular flexibility index (Phi) is 6.38. The maximum Gasteiger partial charge on any atom is 0.315 e. The molecule has 0 fully saturated rings. The van der Waals surface area contributed by atoms with E-state index >= 15 is 0 Å². The summed E-state index contributed by atoms with van der Waals surface area (Å²) in [5.74, 6) is 0. The fraction of sp³-hybridized carbons (Fsp3) is 0.294. The lowest BCUT2D eigenvalue weighted by Gasteiger charge is -2.19. The minimum Gasteiger partial charge on any atom is -0.375 e. The molecule has 0 bridgehead atoms. The van der Waals surface area contributed by atoms with E-state index in [1.54, 1.807) is 31.6 Å². The Morgan fingerprint density at radius 3 is 2.43 bits per heavy atom. The Hall–Kier alpha value is -2.11. The van der Waals surface area contributed by atoms with Gasteiger partial charge in [-0.1, -0.05) is 23.7 Å². The van der Waals surface area contributed by atoms with Crippen LogP contribution in [-0.4, -0.2) is 24.7 Å². The van der Waals surface area contributed by atoms with Crippen LogP contribution in [0.5, 0.6) is 0 Å². The summed E-state index contributed by atoms with van der Waals surface area (Å²) in [5, 5.41) is 6.37. The molecule has 0 radical (unpaired) electrons. The van der Waals surface area contributed by atoms with E-state index in [0.29, 0.717) is 11.6 Å². The van der Waals surface area contributed by atoms with E-state index < -0.39 is 0 Å². The van der Waals surface area contributed by atoms with Crippen LogP contribution in [0.2, 0.25) is 5.02 Å². The van der Waals surface area contributed by atoms with Gasteiger partial charge in [-0.15, -0.1) is 0 Å². The molecule has 2 amide bonds. The van der Waals surface area contributed by atoms with Gasteiger partial charge in [-0.05, 0) is 42.3 Å². The number of nitrogens with one attached hydrogen (secondary N) is 2. The second kappa shape index (κ2) is 8.50. The van der Waals surface area contributed by atoms with Crippen molar-refractivity contribution >= 4 is 17.6 Å². The lowest BCUT2D eigenvalue weighted by Crippen LogP contribution is -2.39. The van der Waals surface area contributed by atoms with Crippen molar-refractivity contribution in [1.29, 1.82) is 0 Å². The van der Waals surface area contributed by atoms with Crippen molar-refractivity contribution in [2.24, 2.45) is 0 Å². The minimum absolute atomic E-state index is 0.102. The summed E-state index contributed by atoms with van der Waals surface area (Å²) in [5.41, 5.74) is 1.95. The summed E-state index contributed by atoms with van der Waals surface area (Å²) in [4.78, 5) is 16.0. The van der Waals surface area contributed by atoms with Gasteiger partial charge in [-0.2, -0.15) is 0 Å². The molecular weight excluding hydrogens is 314 g/mol. The second-order valence-corrected chi connectivity index (χ2v) is 5.57. The van der Waals surface area contributed by atoms with Crippen LogP contribution >= 0.6 is 11.6 Å². The standard InChI is InChI=1S/C17H20ClN3O2/c1-12(13-7-9-19-10-8-13)21-17(22)20-11-16(23-2)14-3-5-15(18)6-4-14/h3-10,12,16H,11H2,1-2H3,(H2,20,21,22)/t12-,16+/m0/s1. The fourth-order valence-electron chi connectivity index (χ4n) is 2.18. The van der Waals surface area contributed by atoms with E-state index in [2.05, 4.69) is 15.6 Å². The molecule has 2 N–H and O–H groups in total.